The van der Waals surface area contributed by atoms with Crippen LogP contribution in [0.1, 0.15) is 26.7 Å². The standard InChI is InChI=1S/C11H23N3O/c1-3-14(8-9(2)11(12)15)10-5-4-6-13-7-10/h9-10,13H,3-8H2,1-2H3,(H2,12,15). The number of carbonyl (C=O) groups is 1. The maximum Gasteiger partial charge on any atom is 0.221 e. The van der Waals surface area contributed by atoms with Crippen molar-refractivity contribution in [3.63, 3.8) is 0 Å². The van der Waals surface area contributed by atoms with Gasteiger partial charge in [0.25, 0.3) is 0 Å². The number of carbonyl (C=O) groups excluding carboxylic acids is 1. The molecule has 1 aliphatic heterocycles. The van der Waals surface area contributed by atoms with Crippen molar-refractivity contribution >= 4 is 5.91 Å². The Balaban J connectivity index is 2.43. The molecule has 1 fully saturated rings. The van der Waals surface area contributed by atoms with Gasteiger partial charge >= 0.3 is 0 Å². The summed E-state index contributed by atoms with van der Waals surface area (Å²) in [5.41, 5.74) is 5.29. The molecule has 1 aliphatic rings. The normalized spacial score (nSPS) is 24.1. The molecule has 2 unspecified atom stereocenters. The van der Waals surface area contributed by atoms with Crippen molar-refractivity contribution in [3.05, 3.63) is 0 Å². The van der Waals surface area contributed by atoms with E-state index in [1.54, 1.807) is 0 Å². The van der Waals surface area contributed by atoms with Crippen LogP contribution in [0.2, 0.25) is 0 Å². The van der Waals surface area contributed by atoms with Gasteiger partial charge in [0.15, 0.2) is 0 Å². The van der Waals surface area contributed by atoms with Gasteiger partial charge in [0.05, 0.1) is 0 Å². The lowest BCUT2D eigenvalue weighted by molar-refractivity contribution is -0.122. The van der Waals surface area contributed by atoms with Gasteiger partial charge in [-0.2, -0.15) is 0 Å². The van der Waals surface area contributed by atoms with E-state index in [-0.39, 0.29) is 11.8 Å². The van der Waals surface area contributed by atoms with Crippen LogP contribution in [0.15, 0.2) is 0 Å². The van der Waals surface area contributed by atoms with E-state index in [4.69, 9.17) is 5.73 Å². The third kappa shape index (κ3) is 3.80. The molecule has 0 radical (unpaired) electrons. The monoisotopic (exact) mass is 213 g/mol. The van der Waals surface area contributed by atoms with Crippen LogP contribution in [0.4, 0.5) is 0 Å². The van der Waals surface area contributed by atoms with Gasteiger partial charge in [-0.3, -0.25) is 9.69 Å². The van der Waals surface area contributed by atoms with Gasteiger partial charge < -0.3 is 11.1 Å². The zero-order chi connectivity index (χ0) is 11.3. The average Bonchev–Trinajstić information content (AvgIpc) is 2.26. The second-order valence-electron chi connectivity index (χ2n) is 4.39. The van der Waals surface area contributed by atoms with Crippen LogP contribution >= 0.6 is 0 Å². The molecule has 0 aromatic rings. The smallest absolute Gasteiger partial charge is 0.221 e. The summed E-state index contributed by atoms with van der Waals surface area (Å²) in [4.78, 5) is 13.4. The van der Waals surface area contributed by atoms with Crippen LogP contribution in [0.5, 0.6) is 0 Å². The number of hydrogen-bond acceptors (Lipinski definition) is 3. The lowest BCUT2D eigenvalue weighted by Gasteiger charge is -2.34. The highest BCUT2D eigenvalue weighted by Crippen LogP contribution is 2.12. The average molecular weight is 213 g/mol. The molecule has 0 saturated carbocycles. The molecule has 2 atom stereocenters. The third-order valence-electron chi connectivity index (χ3n) is 3.19. The lowest BCUT2D eigenvalue weighted by atomic mass is 10.0. The Hall–Kier alpha value is -0.610. The second-order valence-corrected chi connectivity index (χ2v) is 4.39. The van der Waals surface area contributed by atoms with E-state index in [9.17, 15) is 4.79 Å². The Morgan fingerprint density at radius 1 is 1.67 bits per heavy atom. The topological polar surface area (TPSA) is 58.4 Å². The van der Waals surface area contributed by atoms with Crippen LogP contribution in [-0.2, 0) is 4.79 Å². The molecule has 4 heteroatoms. The van der Waals surface area contributed by atoms with E-state index in [0.29, 0.717) is 6.04 Å². The van der Waals surface area contributed by atoms with Crippen molar-refractivity contribution in [3.8, 4) is 0 Å². The predicted molar refractivity (Wildman–Crippen MR) is 61.5 cm³/mol. The van der Waals surface area contributed by atoms with E-state index in [2.05, 4.69) is 17.1 Å². The SMILES string of the molecule is CCN(CC(C)C(N)=O)C1CCCNC1. The highest BCUT2D eigenvalue weighted by Gasteiger charge is 2.22. The summed E-state index contributed by atoms with van der Waals surface area (Å²) in [6, 6.07) is 0.575. The van der Waals surface area contributed by atoms with Gasteiger partial charge in [-0.15, -0.1) is 0 Å². The minimum atomic E-state index is -0.197. The van der Waals surface area contributed by atoms with E-state index < -0.39 is 0 Å². The zero-order valence-corrected chi connectivity index (χ0v) is 9.83. The molecule has 0 aromatic carbocycles. The Morgan fingerprint density at radius 3 is 2.87 bits per heavy atom. The number of nitrogens with zero attached hydrogens (tertiary/aromatic N) is 1. The maximum absolute atomic E-state index is 11.0. The van der Waals surface area contributed by atoms with E-state index >= 15 is 0 Å². The summed E-state index contributed by atoms with van der Waals surface area (Å²) in [6.07, 6.45) is 2.46. The van der Waals surface area contributed by atoms with Gasteiger partial charge in [0.2, 0.25) is 5.91 Å². The van der Waals surface area contributed by atoms with Crippen LogP contribution < -0.4 is 11.1 Å². The zero-order valence-electron chi connectivity index (χ0n) is 9.83. The summed E-state index contributed by atoms with van der Waals surface area (Å²) in [5, 5.41) is 3.39. The second kappa shape index (κ2) is 6.08. The van der Waals surface area contributed by atoms with Gasteiger partial charge in [0, 0.05) is 25.0 Å². The van der Waals surface area contributed by atoms with Gasteiger partial charge in [-0.1, -0.05) is 13.8 Å². The Morgan fingerprint density at radius 2 is 2.40 bits per heavy atom. The van der Waals surface area contributed by atoms with Crippen LogP contribution in [0.3, 0.4) is 0 Å². The first kappa shape index (κ1) is 12.5. The van der Waals surface area contributed by atoms with E-state index in [0.717, 1.165) is 26.2 Å². The number of rotatable bonds is 5. The summed E-state index contributed by atoms with van der Waals surface area (Å²) in [7, 11) is 0. The van der Waals surface area contributed by atoms with Crippen molar-refractivity contribution in [1.82, 2.24) is 10.2 Å². The molecule has 1 rings (SSSR count). The highest BCUT2D eigenvalue weighted by molar-refractivity contribution is 5.76. The fourth-order valence-corrected chi connectivity index (χ4v) is 2.12. The fourth-order valence-electron chi connectivity index (χ4n) is 2.12. The third-order valence-corrected chi connectivity index (χ3v) is 3.19. The summed E-state index contributed by atoms with van der Waals surface area (Å²) in [6.45, 7) is 7.99. The van der Waals surface area contributed by atoms with Crippen molar-refractivity contribution < 1.29 is 4.79 Å². The summed E-state index contributed by atoms with van der Waals surface area (Å²) in [5.74, 6) is -0.246. The number of amides is 1. The lowest BCUT2D eigenvalue weighted by Crippen LogP contribution is -2.48. The molecule has 15 heavy (non-hydrogen) atoms. The quantitative estimate of drug-likeness (QED) is 0.685. The Kier molecular flexibility index (Phi) is 5.05. The highest BCUT2D eigenvalue weighted by atomic mass is 16.1. The maximum atomic E-state index is 11.0. The molecule has 4 nitrogen and oxygen atoms in total. The number of piperidine rings is 1. The van der Waals surface area contributed by atoms with Gasteiger partial charge in [-0.05, 0) is 25.9 Å². The van der Waals surface area contributed by atoms with Crippen molar-refractivity contribution in [2.24, 2.45) is 11.7 Å². The van der Waals surface area contributed by atoms with E-state index in [1.807, 2.05) is 6.92 Å². The molecule has 0 bridgehead atoms. The number of hydrogen-bond donors (Lipinski definition) is 2. The van der Waals surface area contributed by atoms with Crippen molar-refractivity contribution in [2.45, 2.75) is 32.7 Å². The van der Waals surface area contributed by atoms with E-state index in [1.165, 1.54) is 12.8 Å². The molecule has 88 valence electrons. The molecular formula is C11H23N3O. The van der Waals surface area contributed by atoms with Gasteiger partial charge in [0.1, 0.15) is 0 Å². The number of nitrogens with two attached hydrogens (primary N) is 1. The molecule has 0 aliphatic carbocycles. The first-order valence-electron chi connectivity index (χ1n) is 5.89. The van der Waals surface area contributed by atoms with Gasteiger partial charge in [-0.25, -0.2) is 0 Å². The Bertz CT molecular complexity index is 202. The molecule has 0 aromatic heterocycles. The predicted octanol–water partition coefficient (Wildman–Crippen LogP) is 0.182. The minimum absolute atomic E-state index is 0.0492. The molecule has 3 N–H and O–H groups in total. The molecule has 1 heterocycles. The van der Waals surface area contributed by atoms with Crippen molar-refractivity contribution in [1.29, 1.82) is 0 Å². The fraction of sp³-hybridized carbons (Fsp3) is 0.909. The van der Waals surface area contributed by atoms with Crippen LogP contribution in [0.25, 0.3) is 0 Å². The summed E-state index contributed by atoms with van der Waals surface area (Å²) >= 11 is 0. The number of likely N-dealkylation sites (N-methyl/N-ethyl adjacent to an activating group) is 1. The minimum Gasteiger partial charge on any atom is -0.369 e. The molecule has 1 amide bonds. The summed E-state index contributed by atoms with van der Waals surface area (Å²) < 4.78 is 0. The Labute approximate surface area is 92.2 Å². The first-order valence-corrected chi connectivity index (χ1v) is 5.89. The van der Waals surface area contributed by atoms with Crippen molar-refractivity contribution in [2.75, 3.05) is 26.2 Å². The van der Waals surface area contributed by atoms with Crippen LogP contribution in [0, 0.1) is 5.92 Å². The van der Waals surface area contributed by atoms with Crippen LogP contribution in [-0.4, -0.2) is 43.0 Å². The molecular weight excluding hydrogens is 190 g/mol. The first-order chi connectivity index (χ1) is 7.15. The largest absolute Gasteiger partial charge is 0.369 e. The molecule has 1 saturated heterocycles. The molecule has 0 spiro atoms. The number of nitrogens with one attached hydrogen (secondary N) is 1. The number of primary amides is 1.